The number of aromatic hydroxyl groups is 1. The van der Waals surface area contributed by atoms with Crippen molar-refractivity contribution in [3.63, 3.8) is 0 Å². The zero-order valence-corrected chi connectivity index (χ0v) is 11.3. The predicted molar refractivity (Wildman–Crippen MR) is 73.3 cm³/mol. The van der Waals surface area contributed by atoms with Crippen LogP contribution < -0.4 is 10.6 Å². The molecule has 1 aliphatic rings. The van der Waals surface area contributed by atoms with E-state index in [9.17, 15) is 14.7 Å². The number of fused-ring (bicyclic) bond motifs is 1. The monoisotopic (exact) mass is 262 g/mol. The van der Waals surface area contributed by atoms with Crippen LogP contribution in [0.3, 0.4) is 0 Å². The number of carbonyl (C=O) groups is 2. The smallest absolute Gasteiger partial charge is 0.225 e. The molecule has 19 heavy (non-hydrogen) atoms. The number of anilines is 2. The van der Waals surface area contributed by atoms with Crippen LogP contribution in [-0.4, -0.2) is 16.9 Å². The molecular formula is C14H18N2O3. The second-order valence-corrected chi connectivity index (χ2v) is 5.39. The van der Waals surface area contributed by atoms with E-state index in [1.807, 2.05) is 13.8 Å². The summed E-state index contributed by atoms with van der Waals surface area (Å²) < 4.78 is 0. The molecule has 0 aliphatic carbocycles. The van der Waals surface area contributed by atoms with E-state index in [0.717, 1.165) is 0 Å². The molecule has 1 aromatic rings. The van der Waals surface area contributed by atoms with Gasteiger partial charge in [-0.15, -0.1) is 0 Å². The normalized spacial score (nSPS) is 16.5. The largest absolute Gasteiger partial charge is 0.505 e. The molecule has 0 bridgehead atoms. The lowest BCUT2D eigenvalue weighted by Crippen LogP contribution is -2.32. The summed E-state index contributed by atoms with van der Waals surface area (Å²) in [5.41, 5.74) is 1.19. The summed E-state index contributed by atoms with van der Waals surface area (Å²) in [6.07, 6.45) is 0.648. The number of nitrogens with one attached hydrogen (secondary N) is 2. The van der Waals surface area contributed by atoms with E-state index < -0.39 is 5.41 Å². The summed E-state index contributed by atoms with van der Waals surface area (Å²) in [6.45, 7) is 5.54. The molecule has 3 N–H and O–H groups in total. The molecule has 2 amide bonds. The minimum absolute atomic E-state index is 0.0318. The lowest BCUT2D eigenvalue weighted by atomic mass is 9.77. The maximum absolute atomic E-state index is 11.6. The molecule has 0 radical (unpaired) electrons. The highest BCUT2D eigenvalue weighted by Crippen LogP contribution is 2.45. The third kappa shape index (κ3) is 2.41. The highest BCUT2D eigenvalue weighted by Gasteiger charge is 2.35. The summed E-state index contributed by atoms with van der Waals surface area (Å²) in [7, 11) is 0. The van der Waals surface area contributed by atoms with Crippen LogP contribution in [0, 0.1) is 0 Å². The van der Waals surface area contributed by atoms with Crippen molar-refractivity contribution < 1.29 is 14.7 Å². The maximum atomic E-state index is 11.6. The highest BCUT2D eigenvalue weighted by molar-refractivity contribution is 5.98. The van der Waals surface area contributed by atoms with Crippen LogP contribution in [0.1, 0.15) is 39.2 Å². The van der Waals surface area contributed by atoms with Crippen LogP contribution in [0.2, 0.25) is 0 Å². The molecule has 0 atom stereocenters. The summed E-state index contributed by atoms with van der Waals surface area (Å²) in [6, 6.07) is 3.31. The second-order valence-electron chi connectivity index (χ2n) is 5.39. The van der Waals surface area contributed by atoms with Gasteiger partial charge in [0.15, 0.2) is 0 Å². The van der Waals surface area contributed by atoms with Crippen LogP contribution >= 0.6 is 0 Å². The Morgan fingerprint density at radius 3 is 2.79 bits per heavy atom. The quantitative estimate of drug-likeness (QED) is 0.716. The third-order valence-electron chi connectivity index (χ3n) is 3.33. The predicted octanol–water partition coefficient (Wildman–Crippen LogP) is 2.36. The zero-order valence-electron chi connectivity index (χ0n) is 11.3. The fourth-order valence-corrected chi connectivity index (χ4v) is 2.40. The first-order valence-corrected chi connectivity index (χ1v) is 6.31. The second kappa shape index (κ2) is 4.57. The van der Waals surface area contributed by atoms with Crippen molar-refractivity contribution in [3.05, 3.63) is 17.7 Å². The Labute approximate surface area is 112 Å². The van der Waals surface area contributed by atoms with Crippen molar-refractivity contribution in [1.29, 1.82) is 0 Å². The Kier molecular flexibility index (Phi) is 3.22. The molecule has 5 heteroatoms. The van der Waals surface area contributed by atoms with Gasteiger partial charge < -0.3 is 15.7 Å². The minimum Gasteiger partial charge on any atom is -0.505 e. The minimum atomic E-state index is -0.464. The Bertz CT molecular complexity index is 550. The first-order chi connectivity index (χ1) is 8.85. The lowest BCUT2D eigenvalue weighted by Gasteiger charge is -2.33. The molecule has 1 aromatic carbocycles. The van der Waals surface area contributed by atoms with E-state index in [4.69, 9.17) is 0 Å². The summed E-state index contributed by atoms with van der Waals surface area (Å²) in [5, 5.41) is 15.7. The van der Waals surface area contributed by atoms with Crippen molar-refractivity contribution in [2.24, 2.45) is 0 Å². The van der Waals surface area contributed by atoms with E-state index in [1.54, 1.807) is 19.1 Å². The number of amides is 2. The number of carbonyl (C=O) groups excluding carboxylic acids is 2. The molecule has 0 spiro atoms. The number of rotatable bonds is 2. The lowest BCUT2D eigenvalue weighted by molar-refractivity contribution is -0.118. The zero-order chi connectivity index (χ0) is 14.2. The van der Waals surface area contributed by atoms with Crippen LogP contribution in [0.5, 0.6) is 5.75 Å². The number of hydrogen-bond acceptors (Lipinski definition) is 3. The fourth-order valence-electron chi connectivity index (χ4n) is 2.40. The number of phenols is 1. The SMILES string of the molecule is CCC(=O)Nc1ccc2c(c1O)C(C)(C)CC(=O)N2. The van der Waals surface area contributed by atoms with E-state index in [2.05, 4.69) is 10.6 Å². The Morgan fingerprint density at radius 2 is 2.16 bits per heavy atom. The van der Waals surface area contributed by atoms with Crippen LogP contribution in [-0.2, 0) is 15.0 Å². The first-order valence-electron chi connectivity index (χ1n) is 6.31. The van der Waals surface area contributed by atoms with Crippen LogP contribution in [0.15, 0.2) is 12.1 Å². The molecule has 0 saturated carbocycles. The molecule has 2 rings (SSSR count). The molecule has 5 nitrogen and oxygen atoms in total. The van der Waals surface area contributed by atoms with Gasteiger partial charge in [-0.1, -0.05) is 20.8 Å². The van der Waals surface area contributed by atoms with Gasteiger partial charge in [-0.25, -0.2) is 0 Å². The van der Waals surface area contributed by atoms with Gasteiger partial charge in [-0.3, -0.25) is 9.59 Å². The van der Waals surface area contributed by atoms with E-state index in [1.165, 1.54) is 0 Å². The fraction of sp³-hybridized carbons (Fsp3) is 0.429. The summed E-state index contributed by atoms with van der Waals surface area (Å²) >= 11 is 0. The first kappa shape index (κ1) is 13.4. The molecule has 102 valence electrons. The molecule has 1 aliphatic heterocycles. The summed E-state index contributed by atoms with van der Waals surface area (Å²) in [4.78, 5) is 23.0. The Balaban J connectivity index is 2.49. The topological polar surface area (TPSA) is 78.4 Å². The van der Waals surface area contributed by atoms with Crippen molar-refractivity contribution in [2.75, 3.05) is 10.6 Å². The van der Waals surface area contributed by atoms with E-state index in [-0.39, 0.29) is 17.6 Å². The van der Waals surface area contributed by atoms with Gasteiger partial charge >= 0.3 is 0 Å². The van der Waals surface area contributed by atoms with Gasteiger partial charge in [0.25, 0.3) is 0 Å². The molecule has 0 aromatic heterocycles. The summed E-state index contributed by atoms with van der Waals surface area (Å²) in [5.74, 6) is -0.195. The Morgan fingerprint density at radius 1 is 1.47 bits per heavy atom. The number of benzene rings is 1. The van der Waals surface area contributed by atoms with Gasteiger partial charge in [0, 0.05) is 29.5 Å². The van der Waals surface area contributed by atoms with Crippen molar-refractivity contribution in [1.82, 2.24) is 0 Å². The van der Waals surface area contributed by atoms with Gasteiger partial charge in [0.1, 0.15) is 5.75 Å². The van der Waals surface area contributed by atoms with E-state index in [0.29, 0.717) is 29.8 Å². The standard InChI is InChI=1S/C14H18N2O3/c1-4-10(17)16-9-6-5-8-12(13(9)19)14(2,3)7-11(18)15-8/h5-6,19H,4,7H2,1-3H3,(H,15,18)(H,16,17). The van der Waals surface area contributed by atoms with Gasteiger partial charge in [-0.2, -0.15) is 0 Å². The third-order valence-corrected chi connectivity index (χ3v) is 3.33. The van der Waals surface area contributed by atoms with Gasteiger partial charge in [0.05, 0.1) is 5.69 Å². The van der Waals surface area contributed by atoms with Crippen molar-refractivity contribution >= 4 is 23.2 Å². The van der Waals surface area contributed by atoms with Gasteiger partial charge in [0.2, 0.25) is 11.8 Å². The number of phenolic OH excluding ortho intramolecular Hbond substituents is 1. The molecule has 0 saturated heterocycles. The van der Waals surface area contributed by atoms with Crippen molar-refractivity contribution in [2.45, 2.75) is 39.0 Å². The molecule has 0 fully saturated rings. The molecule has 0 unspecified atom stereocenters. The molecular weight excluding hydrogens is 244 g/mol. The van der Waals surface area contributed by atoms with Crippen LogP contribution in [0.4, 0.5) is 11.4 Å². The number of hydrogen-bond donors (Lipinski definition) is 3. The van der Waals surface area contributed by atoms with Gasteiger partial charge in [-0.05, 0) is 12.1 Å². The van der Waals surface area contributed by atoms with Crippen LogP contribution in [0.25, 0.3) is 0 Å². The van der Waals surface area contributed by atoms with E-state index >= 15 is 0 Å². The maximum Gasteiger partial charge on any atom is 0.225 e. The molecule has 1 heterocycles. The average molecular weight is 262 g/mol. The Hall–Kier alpha value is -2.04. The van der Waals surface area contributed by atoms with Crippen molar-refractivity contribution in [3.8, 4) is 5.75 Å². The highest BCUT2D eigenvalue weighted by atomic mass is 16.3. The average Bonchev–Trinajstić information content (AvgIpc) is 2.30.